The molecule has 0 aliphatic carbocycles. The van der Waals surface area contributed by atoms with Gasteiger partial charge in [0.2, 0.25) is 0 Å². The fraction of sp³-hybridized carbons (Fsp3) is 0.200. The highest BCUT2D eigenvalue weighted by molar-refractivity contribution is 7.79. The van der Waals surface area contributed by atoms with Crippen LogP contribution in [0.2, 0.25) is 0 Å². The molecule has 0 fully saturated rings. The van der Waals surface area contributed by atoms with Gasteiger partial charge in [-0.15, -0.1) is 0 Å². The van der Waals surface area contributed by atoms with Crippen molar-refractivity contribution in [2.45, 2.75) is 25.7 Å². The Morgan fingerprint density at radius 3 is 2.11 bits per heavy atom. The van der Waals surface area contributed by atoms with E-state index in [1.807, 2.05) is 39.0 Å². The zero-order valence-electron chi connectivity index (χ0n) is 11.3. The first-order chi connectivity index (χ1) is 9.08. The lowest BCUT2D eigenvalue weighted by Crippen LogP contribution is -1.87. The highest BCUT2D eigenvalue weighted by Crippen LogP contribution is 2.18. The summed E-state index contributed by atoms with van der Waals surface area (Å²) in [6.07, 6.45) is 0. The lowest BCUT2D eigenvalue weighted by Gasteiger charge is -2.01. The van der Waals surface area contributed by atoms with Gasteiger partial charge in [0, 0.05) is 0 Å². The number of benzene rings is 2. The Labute approximate surface area is 116 Å². The summed E-state index contributed by atoms with van der Waals surface area (Å²) in [5.41, 5.74) is 1.19. The third kappa shape index (κ3) is 5.62. The standard InChI is InChI=1S/C11H10O2S.C2H2O.C2H6/c1-8-2-3-10-7-11(14(12)13)5-4-9(10)6-8;1-2-3;1-2/h2-7H,1H3,(H,12,13);1H2;1-2H3. The summed E-state index contributed by atoms with van der Waals surface area (Å²) in [7, 11) is 0. The van der Waals surface area contributed by atoms with Crippen LogP contribution in [-0.4, -0.2) is 14.7 Å². The molecule has 0 radical (unpaired) electrons. The van der Waals surface area contributed by atoms with Crippen LogP contribution in [0.1, 0.15) is 19.4 Å². The van der Waals surface area contributed by atoms with Crippen LogP contribution < -0.4 is 0 Å². The molecule has 19 heavy (non-hydrogen) atoms. The van der Waals surface area contributed by atoms with Crippen molar-refractivity contribution in [2.24, 2.45) is 0 Å². The van der Waals surface area contributed by atoms with Gasteiger partial charge >= 0.3 is 0 Å². The van der Waals surface area contributed by atoms with Crippen LogP contribution in [0.4, 0.5) is 0 Å². The number of aryl methyl sites for hydroxylation is 1. The Balaban J connectivity index is 0.000000573. The summed E-state index contributed by atoms with van der Waals surface area (Å²) in [6.45, 7) is 8.71. The molecule has 2 aromatic carbocycles. The summed E-state index contributed by atoms with van der Waals surface area (Å²) >= 11 is -1.89. The average molecular weight is 278 g/mol. The topological polar surface area (TPSA) is 54.4 Å². The first kappa shape index (κ1) is 17.3. The van der Waals surface area contributed by atoms with E-state index < -0.39 is 11.1 Å². The lowest BCUT2D eigenvalue weighted by atomic mass is 10.1. The van der Waals surface area contributed by atoms with Gasteiger partial charge in [-0.25, -0.2) is 9.00 Å². The van der Waals surface area contributed by atoms with Crippen molar-refractivity contribution in [1.29, 1.82) is 0 Å². The minimum Gasteiger partial charge on any atom is -0.302 e. The SMILES string of the molecule is C=C=O.CC.Cc1ccc2cc(S(=O)O)ccc2c1. The molecule has 0 bridgehead atoms. The fourth-order valence-corrected chi connectivity index (χ4v) is 1.86. The Morgan fingerprint density at radius 1 is 1.11 bits per heavy atom. The van der Waals surface area contributed by atoms with E-state index in [9.17, 15) is 4.21 Å². The van der Waals surface area contributed by atoms with E-state index in [-0.39, 0.29) is 0 Å². The summed E-state index contributed by atoms with van der Waals surface area (Å²) in [5, 5.41) is 2.09. The number of carbonyl (C=O) groups excluding carboxylic acids is 1. The predicted molar refractivity (Wildman–Crippen MR) is 80.4 cm³/mol. The van der Waals surface area contributed by atoms with Crippen molar-refractivity contribution < 1.29 is 13.6 Å². The summed E-state index contributed by atoms with van der Waals surface area (Å²) in [6, 6.07) is 11.3. The highest BCUT2D eigenvalue weighted by Gasteiger charge is 2.00. The van der Waals surface area contributed by atoms with Crippen LogP contribution >= 0.6 is 0 Å². The fourth-order valence-electron chi connectivity index (χ4n) is 1.45. The van der Waals surface area contributed by atoms with Crippen molar-refractivity contribution in [1.82, 2.24) is 0 Å². The van der Waals surface area contributed by atoms with Crippen LogP contribution in [0.25, 0.3) is 10.8 Å². The zero-order chi connectivity index (χ0) is 14.8. The first-order valence-electron chi connectivity index (χ1n) is 5.84. The van der Waals surface area contributed by atoms with Crippen molar-refractivity contribution >= 4 is 27.8 Å². The third-order valence-corrected chi connectivity index (χ3v) is 2.83. The van der Waals surface area contributed by atoms with Crippen molar-refractivity contribution in [3.63, 3.8) is 0 Å². The van der Waals surface area contributed by atoms with E-state index in [2.05, 4.69) is 12.6 Å². The minimum atomic E-state index is -1.89. The maximum Gasteiger partial charge on any atom is 0.186 e. The van der Waals surface area contributed by atoms with Gasteiger partial charge in [-0.05, 0) is 36.4 Å². The molecule has 0 spiro atoms. The molecule has 0 aromatic heterocycles. The van der Waals surface area contributed by atoms with E-state index >= 15 is 0 Å². The second-order valence-electron chi connectivity index (χ2n) is 3.41. The monoisotopic (exact) mass is 278 g/mol. The molecule has 1 unspecified atom stereocenters. The molecule has 1 atom stereocenters. The molecule has 0 amide bonds. The Kier molecular flexibility index (Phi) is 8.38. The van der Waals surface area contributed by atoms with Gasteiger partial charge in [0.25, 0.3) is 0 Å². The van der Waals surface area contributed by atoms with E-state index in [1.54, 1.807) is 12.1 Å². The van der Waals surface area contributed by atoms with E-state index in [0.29, 0.717) is 4.90 Å². The molecule has 0 heterocycles. The van der Waals surface area contributed by atoms with Crippen LogP contribution in [-0.2, 0) is 15.9 Å². The second-order valence-corrected chi connectivity index (χ2v) is 4.38. The molecule has 0 aliphatic rings. The molecule has 3 nitrogen and oxygen atoms in total. The van der Waals surface area contributed by atoms with Gasteiger partial charge in [0.1, 0.15) is 5.94 Å². The second kappa shape index (κ2) is 9.22. The molecule has 1 N–H and O–H groups in total. The summed E-state index contributed by atoms with van der Waals surface area (Å²) < 4.78 is 19.7. The Hall–Kier alpha value is -1.74. The van der Waals surface area contributed by atoms with Gasteiger partial charge in [-0.2, -0.15) is 0 Å². The largest absolute Gasteiger partial charge is 0.302 e. The van der Waals surface area contributed by atoms with E-state index in [1.165, 1.54) is 11.5 Å². The number of rotatable bonds is 1. The smallest absolute Gasteiger partial charge is 0.186 e. The summed E-state index contributed by atoms with van der Waals surface area (Å²) in [4.78, 5) is 9.02. The van der Waals surface area contributed by atoms with Crippen molar-refractivity contribution in [2.75, 3.05) is 0 Å². The van der Waals surface area contributed by atoms with Gasteiger partial charge in [0.05, 0.1) is 4.90 Å². The molecule has 2 rings (SSSR count). The Bertz CT molecular complexity index is 585. The average Bonchev–Trinajstić information content (AvgIpc) is 2.41. The van der Waals surface area contributed by atoms with Gasteiger partial charge < -0.3 is 4.55 Å². The molecule has 2 aromatic rings. The zero-order valence-corrected chi connectivity index (χ0v) is 12.2. The van der Waals surface area contributed by atoms with Gasteiger partial charge in [-0.1, -0.05) is 43.7 Å². The van der Waals surface area contributed by atoms with Gasteiger partial charge in [0.15, 0.2) is 11.1 Å². The molecular weight excluding hydrogens is 260 g/mol. The molecule has 0 saturated heterocycles. The number of fused-ring (bicyclic) bond motifs is 1. The third-order valence-electron chi connectivity index (χ3n) is 2.17. The first-order valence-corrected chi connectivity index (χ1v) is 6.94. The summed E-state index contributed by atoms with van der Waals surface area (Å²) in [5.74, 6) is 1.25. The molecule has 0 saturated carbocycles. The molecule has 102 valence electrons. The van der Waals surface area contributed by atoms with Crippen molar-refractivity contribution in [3.05, 3.63) is 48.5 Å². The van der Waals surface area contributed by atoms with Crippen LogP contribution in [0.3, 0.4) is 0 Å². The predicted octanol–water partition coefficient (Wildman–Crippen LogP) is 3.76. The molecule has 0 aliphatic heterocycles. The number of hydrogen-bond donors (Lipinski definition) is 1. The Morgan fingerprint density at radius 2 is 1.58 bits per heavy atom. The van der Waals surface area contributed by atoms with E-state index in [4.69, 9.17) is 9.35 Å². The molecule has 4 heteroatoms. The van der Waals surface area contributed by atoms with Gasteiger partial charge in [-0.3, -0.25) is 0 Å². The quantitative estimate of drug-likeness (QED) is 0.638. The maximum atomic E-state index is 10.8. The highest BCUT2D eigenvalue weighted by atomic mass is 32.2. The van der Waals surface area contributed by atoms with Crippen LogP contribution in [0.15, 0.2) is 47.9 Å². The van der Waals surface area contributed by atoms with Crippen molar-refractivity contribution in [3.8, 4) is 0 Å². The van der Waals surface area contributed by atoms with E-state index in [0.717, 1.165) is 10.8 Å². The maximum absolute atomic E-state index is 10.8. The lowest BCUT2D eigenvalue weighted by molar-refractivity contribution is 0.564. The van der Waals surface area contributed by atoms with Crippen LogP contribution in [0, 0.1) is 6.92 Å². The number of hydrogen-bond acceptors (Lipinski definition) is 2. The normalized spacial score (nSPS) is 10.3. The van der Waals surface area contributed by atoms with Crippen LogP contribution in [0.5, 0.6) is 0 Å². The minimum absolute atomic E-state index is 0.446. The molecular formula is C15H18O3S.